The molecule has 0 aliphatic rings. The quantitative estimate of drug-likeness (QED) is 0.492. The van der Waals surface area contributed by atoms with Crippen molar-refractivity contribution < 1.29 is 14.3 Å². The van der Waals surface area contributed by atoms with Crippen LogP contribution >= 0.6 is 0 Å². The first kappa shape index (κ1) is 19.9. The van der Waals surface area contributed by atoms with E-state index in [0.29, 0.717) is 28.4 Å². The van der Waals surface area contributed by atoms with Crippen molar-refractivity contribution in [3.63, 3.8) is 0 Å². The molecule has 154 valence electrons. The van der Waals surface area contributed by atoms with Gasteiger partial charge in [0.2, 0.25) is 0 Å². The van der Waals surface area contributed by atoms with Gasteiger partial charge in [0.05, 0.1) is 19.6 Å². The summed E-state index contributed by atoms with van der Waals surface area (Å²) in [4.78, 5) is 29.3. The standard InChI is InChI=1S/C24H20N4O3/c1-31-21-13-11-19(12-14-21)26-23(29)17-7-9-18(10-8-17)27-24(30)22-15-25-16-28(22)20-5-3-2-4-6-20/h2-16H,1H3,(H,26,29)(H,27,30). The van der Waals surface area contributed by atoms with Gasteiger partial charge in [0, 0.05) is 22.6 Å². The van der Waals surface area contributed by atoms with Crippen LogP contribution in [0.5, 0.6) is 5.75 Å². The Morgan fingerprint density at radius 3 is 2.06 bits per heavy atom. The van der Waals surface area contributed by atoms with Gasteiger partial charge in [-0.1, -0.05) is 18.2 Å². The van der Waals surface area contributed by atoms with Gasteiger partial charge in [-0.2, -0.15) is 0 Å². The SMILES string of the molecule is COc1ccc(NC(=O)c2ccc(NC(=O)c3cncn3-c3ccccc3)cc2)cc1. The van der Waals surface area contributed by atoms with Crippen molar-refractivity contribution >= 4 is 23.2 Å². The van der Waals surface area contributed by atoms with E-state index >= 15 is 0 Å². The Morgan fingerprint density at radius 1 is 0.806 bits per heavy atom. The van der Waals surface area contributed by atoms with Gasteiger partial charge in [0.15, 0.2) is 0 Å². The van der Waals surface area contributed by atoms with Gasteiger partial charge in [0.1, 0.15) is 11.4 Å². The number of rotatable bonds is 6. The first-order valence-electron chi connectivity index (χ1n) is 9.58. The highest BCUT2D eigenvalue weighted by atomic mass is 16.5. The van der Waals surface area contributed by atoms with Crippen molar-refractivity contribution in [2.75, 3.05) is 17.7 Å². The predicted molar refractivity (Wildman–Crippen MR) is 119 cm³/mol. The minimum Gasteiger partial charge on any atom is -0.497 e. The lowest BCUT2D eigenvalue weighted by molar-refractivity contribution is 0.101. The second-order valence-electron chi connectivity index (χ2n) is 6.70. The minimum atomic E-state index is -0.295. The number of methoxy groups -OCH3 is 1. The summed E-state index contributed by atoms with van der Waals surface area (Å²) in [6, 6.07) is 23.3. The number of ether oxygens (including phenoxy) is 1. The van der Waals surface area contributed by atoms with E-state index in [1.54, 1.807) is 66.5 Å². The molecule has 2 amide bonds. The van der Waals surface area contributed by atoms with Gasteiger partial charge < -0.3 is 15.4 Å². The van der Waals surface area contributed by atoms with Crippen LogP contribution in [0.3, 0.4) is 0 Å². The minimum absolute atomic E-state index is 0.245. The molecule has 1 aromatic heterocycles. The number of para-hydroxylation sites is 1. The summed E-state index contributed by atoms with van der Waals surface area (Å²) in [7, 11) is 1.59. The zero-order chi connectivity index (χ0) is 21.6. The zero-order valence-electron chi connectivity index (χ0n) is 16.8. The number of imidazole rings is 1. The number of benzene rings is 3. The molecule has 7 nitrogen and oxygen atoms in total. The highest BCUT2D eigenvalue weighted by Crippen LogP contribution is 2.18. The third-order valence-electron chi connectivity index (χ3n) is 4.66. The number of anilines is 2. The van der Waals surface area contributed by atoms with Crippen LogP contribution < -0.4 is 15.4 Å². The lowest BCUT2D eigenvalue weighted by atomic mass is 10.2. The fourth-order valence-electron chi connectivity index (χ4n) is 3.04. The maximum Gasteiger partial charge on any atom is 0.274 e. The van der Waals surface area contributed by atoms with Gasteiger partial charge in [-0.05, 0) is 60.7 Å². The normalized spacial score (nSPS) is 10.4. The molecule has 0 radical (unpaired) electrons. The van der Waals surface area contributed by atoms with Crippen LogP contribution in [0.15, 0.2) is 91.4 Å². The highest BCUT2D eigenvalue weighted by Gasteiger charge is 2.14. The Balaban J connectivity index is 1.42. The van der Waals surface area contributed by atoms with Crippen LogP contribution in [0.1, 0.15) is 20.8 Å². The fraction of sp³-hybridized carbons (Fsp3) is 0.0417. The zero-order valence-corrected chi connectivity index (χ0v) is 16.8. The van der Waals surface area contributed by atoms with Crippen molar-refractivity contribution in [2.45, 2.75) is 0 Å². The van der Waals surface area contributed by atoms with Crippen molar-refractivity contribution in [2.24, 2.45) is 0 Å². The number of carbonyl (C=O) groups is 2. The van der Waals surface area contributed by atoms with Crippen LogP contribution in [-0.2, 0) is 0 Å². The van der Waals surface area contributed by atoms with Crippen LogP contribution in [0, 0.1) is 0 Å². The Morgan fingerprint density at radius 2 is 1.42 bits per heavy atom. The summed E-state index contributed by atoms with van der Waals surface area (Å²) in [6.45, 7) is 0. The molecule has 0 fully saturated rings. The molecular weight excluding hydrogens is 392 g/mol. The molecule has 0 atom stereocenters. The molecule has 0 unspecified atom stereocenters. The molecule has 0 bridgehead atoms. The van der Waals surface area contributed by atoms with Crippen molar-refractivity contribution in [1.29, 1.82) is 0 Å². The Bertz CT molecular complexity index is 1180. The molecule has 7 heteroatoms. The number of hydrogen-bond acceptors (Lipinski definition) is 4. The van der Waals surface area contributed by atoms with E-state index in [-0.39, 0.29) is 11.8 Å². The van der Waals surface area contributed by atoms with E-state index in [1.165, 1.54) is 6.20 Å². The van der Waals surface area contributed by atoms with Crippen molar-refractivity contribution in [1.82, 2.24) is 9.55 Å². The number of carbonyl (C=O) groups excluding carboxylic acids is 2. The molecular formula is C24H20N4O3. The summed E-state index contributed by atoms with van der Waals surface area (Å²) >= 11 is 0. The second-order valence-corrected chi connectivity index (χ2v) is 6.70. The van der Waals surface area contributed by atoms with Crippen LogP contribution in [-0.4, -0.2) is 28.5 Å². The maximum atomic E-state index is 12.7. The molecule has 4 aromatic rings. The molecule has 3 aromatic carbocycles. The van der Waals surface area contributed by atoms with E-state index < -0.39 is 0 Å². The van der Waals surface area contributed by atoms with Crippen molar-refractivity contribution in [3.05, 3.63) is 103 Å². The summed E-state index contributed by atoms with van der Waals surface area (Å²) in [6.07, 6.45) is 3.11. The first-order valence-corrected chi connectivity index (χ1v) is 9.58. The molecule has 0 saturated heterocycles. The molecule has 2 N–H and O–H groups in total. The number of aromatic nitrogens is 2. The summed E-state index contributed by atoms with van der Waals surface area (Å²) in [5.41, 5.74) is 2.97. The van der Waals surface area contributed by atoms with Gasteiger partial charge >= 0.3 is 0 Å². The van der Waals surface area contributed by atoms with E-state index in [1.807, 2.05) is 30.3 Å². The molecule has 0 spiro atoms. The second kappa shape index (κ2) is 8.96. The lowest BCUT2D eigenvalue weighted by Gasteiger charge is -2.10. The molecule has 1 heterocycles. The third-order valence-corrected chi connectivity index (χ3v) is 4.66. The van der Waals surface area contributed by atoms with Crippen molar-refractivity contribution in [3.8, 4) is 11.4 Å². The molecule has 4 rings (SSSR count). The topological polar surface area (TPSA) is 85.2 Å². The summed E-state index contributed by atoms with van der Waals surface area (Å²) in [5, 5.41) is 5.66. The van der Waals surface area contributed by atoms with E-state index in [0.717, 1.165) is 5.69 Å². The first-order chi connectivity index (χ1) is 15.1. The van der Waals surface area contributed by atoms with Gasteiger partial charge in [0.25, 0.3) is 11.8 Å². The molecule has 0 aliphatic carbocycles. The average Bonchev–Trinajstić information content (AvgIpc) is 3.31. The molecule has 31 heavy (non-hydrogen) atoms. The number of nitrogens with zero attached hydrogens (tertiary/aromatic N) is 2. The predicted octanol–water partition coefficient (Wildman–Crippen LogP) is 4.39. The Hall–Kier alpha value is -4.39. The number of nitrogens with one attached hydrogen (secondary N) is 2. The summed E-state index contributed by atoms with van der Waals surface area (Å²) in [5.74, 6) is 0.175. The van der Waals surface area contributed by atoms with E-state index in [9.17, 15) is 9.59 Å². The van der Waals surface area contributed by atoms with E-state index in [2.05, 4.69) is 15.6 Å². The Kier molecular flexibility index (Phi) is 5.75. The van der Waals surface area contributed by atoms with Crippen LogP contribution in [0.2, 0.25) is 0 Å². The molecule has 0 aliphatic heterocycles. The van der Waals surface area contributed by atoms with Gasteiger partial charge in [-0.25, -0.2) is 4.98 Å². The monoisotopic (exact) mass is 412 g/mol. The van der Waals surface area contributed by atoms with E-state index in [4.69, 9.17) is 4.74 Å². The average molecular weight is 412 g/mol. The fourth-order valence-corrected chi connectivity index (χ4v) is 3.04. The van der Waals surface area contributed by atoms with Crippen LogP contribution in [0.4, 0.5) is 11.4 Å². The number of hydrogen-bond donors (Lipinski definition) is 2. The van der Waals surface area contributed by atoms with Gasteiger partial charge in [-0.3, -0.25) is 14.2 Å². The Labute approximate surface area is 179 Å². The van der Waals surface area contributed by atoms with Gasteiger partial charge in [-0.15, -0.1) is 0 Å². The smallest absolute Gasteiger partial charge is 0.274 e. The third kappa shape index (κ3) is 4.62. The largest absolute Gasteiger partial charge is 0.497 e. The number of amides is 2. The lowest BCUT2D eigenvalue weighted by Crippen LogP contribution is -2.16. The summed E-state index contributed by atoms with van der Waals surface area (Å²) < 4.78 is 6.82. The highest BCUT2D eigenvalue weighted by molar-refractivity contribution is 6.06. The molecule has 0 saturated carbocycles. The maximum absolute atomic E-state index is 12.7. The van der Waals surface area contributed by atoms with Crippen LogP contribution in [0.25, 0.3) is 5.69 Å².